The molecule has 1 saturated heterocycles. The number of hydrogen-bond donors (Lipinski definition) is 1. The summed E-state index contributed by atoms with van der Waals surface area (Å²) in [6.07, 6.45) is -0.0370. The van der Waals surface area contributed by atoms with E-state index in [1.54, 1.807) is 0 Å². The summed E-state index contributed by atoms with van der Waals surface area (Å²) in [5.41, 5.74) is 1.35. The maximum atomic E-state index is 5.06. The Hall–Kier alpha value is -1.10. The van der Waals surface area contributed by atoms with E-state index in [2.05, 4.69) is 40.5 Å². The van der Waals surface area contributed by atoms with Crippen LogP contribution in [0.1, 0.15) is 20.8 Å². The van der Waals surface area contributed by atoms with Crippen molar-refractivity contribution in [2.75, 3.05) is 44.3 Å². The summed E-state index contributed by atoms with van der Waals surface area (Å²) in [5, 5.41) is 3.34. The summed E-state index contributed by atoms with van der Waals surface area (Å²) >= 11 is 0. The lowest BCUT2D eigenvalue weighted by Gasteiger charge is -2.29. The molecule has 0 aromatic heterocycles. The highest BCUT2D eigenvalue weighted by Crippen LogP contribution is 2.12. The first-order valence-electron chi connectivity index (χ1n) is 7.51. The molecular formula is C16H28N2O2. The average Bonchev–Trinajstić information content (AvgIpc) is 2.50. The van der Waals surface area contributed by atoms with E-state index in [0.717, 1.165) is 39.4 Å². The van der Waals surface area contributed by atoms with Crippen LogP contribution in [0.2, 0.25) is 0 Å². The fraction of sp³-hybridized carbons (Fsp3) is 0.625. The molecule has 0 unspecified atom stereocenters. The molecule has 1 fully saturated rings. The molecule has 0 radical (unpaired) electrons. The number of anilines is 1. The molecule has 1 heterocycles. The van der Waals surface area contributed by atoms with Gasteiger partial charge in [0, 0.05) is 45.1 Å². The quantitative estimate of drug-likeness (QED) is 0.840. The monoisotopic (exact) mass is 280 g/mol. The van der Waals surface area contributed by atoms with Crippen molar-refractivity contribution in [3.63, 3.8) is 0 Å². The molecule has 4 heteroatoms. The molecule has 20 heavy (non-hydrogen) atoms. The summed E-state index contributed by atoms with van der Waals surface area (Å²) < 4.78 is 10.1. The fourth-order valence-corrected chi connectivity index (χ4v) is 2.08. The minimum atomic E-state index is -0.0370. The zero-order chi connectivity index (χ0) is 14.6. The van der Waals surface area contributed by atoms with Crippen molar-refractivity contribution in [2.45, 2.75) is 27.1 Å². The van der Waals surface area contributed by atoms with Gasteiger partial charge in [0.25, 0.3) is 0 Å². The van der Waals surface area contributed by atoms with Crippen LogP contribution >= 0.6 is 0 Å². The number of rotatable bonds is 5. The van der Waals surface area contributed by atoms with Gasteiger partial charge in [-0.2, -0.15) is 0 Å². The standard InChI is InChI=1S/C10H14N2.C6H14O2/c1-2-4-10(5-3-1)12-8-6-11-7-9-12;1-4-7-6(3)8-5-2/h1-5,11H,6-9H2;6H,4-5H2,1-3H3. The van der Waals surface area contributed by atoms with Crippen LogP contribution in [0.5, 0.6) is 0 Å². The van der Waals surface area contributed by atoms with Crippen LogP contribution in [0.15, 0.2) is 30.3 Å². The van der Waals surface area contributed by atoms with E-state index in [1.165, 1.54) is 5.69 Å². The molecular weight excluding hydrogens is 252 g/mol. The second-order valence-corrected chi connectivity index (χ2v) is 4.55. The highest BCUT2D eigenvalue weighted by atomic mass is 16.7. The molecule has 1 N–H and O–H groups in total. The van der Waals surface area contributed by atoms with E-state index < -0.39 is 0 Å². The van der Waals surface area contributed by atoms with E-state index in [-0.39, 0.29) is 6.29 Å². The van der Waals surface area contributed by atoms with Crippen molar-refractivity contribution in [3.8, 4) is 0 Å². The van der Waals surface area contributed by atoms with Gasteiger partial charge in [-0.1, -0.05) is 18.2 Å². The lowest BCUT2D eigenvalue weighted by molar-refractivity contribution is -0.123. The highest BCUT2D eigenvalue weighted by Gasteiger charge is 2.08. The maximum absolute atomic E-state index is 5.06. The molecule has 0 spiro atoms. The molecule has 2 rings (SSSR count). The Kier molecular flexibility index (Phi) is 9.04. The lowest BCUT2D eigenvalue weighted by Crippen LogP contribution is -2.43. The van der Waals surface area contributed by atoms with Crippen molar-refractivity contribution in [2.24, 2.45) is 0 Å². The summed E-state index contributed by atoms with van der Waals surface area (Å²) in [4.78, 5) is 2.41. The van der Waals surface area contributed by atoms with Crippen LogP contribution in [0.25, 0.3) is 0 Å². The van der Waals surface area contributed by atoms with Crippen LogP contribution in [-0.2, 0) is 9.47 Å². The van der Waals surface area contributed by atoms with Crippen molar-refractivity contribution < 1.29 is 9.47 Å². The Morgan fingerprint density at radius 1 is 1.05 bits per heavy atom. The van der Waals surface area contributed by atoms with E-state index in [9.17, 15) is 0 Å². The van der Waals surface area contributed by atoms with Crippen molar-refractivity contribution in [3.05, 3.63) is 30.3 Å². The Bertz CT molecular complexity index is 321. The number of para-hydroxylation sites is 1. The van der Waals surface area contributed by atoms with Gasteiger partial charge in [-0.25, -0.2) is 0 Å². The number of benzene rings is 1. The number of hydrogen-bond acceptors (Lipinski definition) is 4. The molecule has 0 amide bonds. The number of ether oxygens (including phenoxy) is 2. The van der Waals surface area contributed by atoms with Crippen LogP contribution in [0, 0.1) is 0 Å². The van der Waals surface area contributed by atoms with E-state index in [1.807, 2.05) is 20.8 Å². The molecule has 1 aliphatic heterocycles. The minimum absolute atomic E-state index is 0.0370. The van der Waals surface area contributed by atoms with Gasteiger partial charge in [0.05, 0.1) is 0 Å². The zero-order valence-corrected chi connectivity index (χ0v) is 13.0. The molecule has 1 aromatic rings. The highest BCUT2D eigenvalue weighted by molar-refractivity contribution is 5.46. The second kappa shape index (κ2) is 10.7. The number of nitrogens with zero attached hydrogens (tertiary/aromatic N) is 1. The first-order valence-corrected chi connectivity index (χ1v) is 7.51. The van der Waals surface area contributed by atoms with Crippen molar-refractivity contribution >= 4 is 5.69 Å². The number of piperazine rings is 1. The van der Waals surface area contributed by atoms with Crippen LogP contribution < -0.4 is 10.2 Å². The third-order valence-corrected chi connectivity index (χ3v) is 3.04. The first-order chi connectivity index (χ1) is 9.77. The van der Waals surface area contributed by atoms with Gasteiger partial charge in [0.2, 0.25) is 0 Å². The molecule has 0 saturated carbocycles. The van der Waals surface area contributed by atoms with Gasteiger partial charge in [-0.3, -0.25) is 0 Å². The fourth-order valence-electron chi connectivity index (χ4n) is 2.08. The first kappa shape index (κ1) is 17.0. The normalized spacial score (nSPS) is 14.9. The minimum Gasteiger partial charge on any atom is -0.369 e. The third-order valence-electron chi connectivity index (χ3n) is 3.04. The maximum Gasteiger partial charge on any atom is 0.154 e. The van der Waals surface area contributed by atoms with Crippen LogP contribution in [0.4, 0.5) is 5.69 Å². The molecule has 0 aliphatic carbocycles. The topological polar surface area (TPSA) is 33.7 Å². The smallest absolute Gasteiger partial charge is 0.154 e. The van der Waals surface area contributed by atoms with Gasteiger partial charge in [-0.15, -0.1) is 0 Å². The van der Waals surface area contributed by atoms with Gasteiger partial charge < -0.3 is 19.7 Å². The van der Waals surface area contributed by atoms with Crippen LogP contribution in [-0.4, -0.2) is 45.7 Å². The molecule has 1 aromatic carbocycles. The summed E-state index contributed by atoms with van der Waals surface area (Å²) in [5.74, 6) is 0. The molecule has 0 bridgehead atoms. The van der Waals surface area contributed by atoms with Crippen molar-refractivity contribution in [1.82, 2.24) is 5.32 Å². The van der Waals surface area contributed by atoms with E-state index in [4.69, 9.17) is 9.47 Å². The molecule has 0 atom stereocenters. The second-order valence-electron chi connectivity index (χ2n) is 4.55. The van der Waals surface area contributed by atoms with Gasteiger partial charge in [0.15, 0.2) is 6.29 Å². The predicted molar refractivity (Wildman–Crippen MR) is 84.2 cm³/mol. The van der Waals surface area contributed by atoms with Crippen LogP contribution in [0.3, 0.4) is 0 Å². The van der Waals surface area contributed by atoms with E-state index >= 15 is 0 Å². The van der Waals surface area contributed by atoms with E-state index in [0.29, 0.717) is 0 Å². The summed E-state index contributed by atoms with van der Waals surface area (Å²) in [7, 11) is 0. The predicted octanol–water partition coefficient (Wildman–Crippen LogP) is 2.50. The molecule has 4 nitrogen and oxygen atoms in total. The Morgan fingerprint density at radius 3 is 2.10 bits per heavy atom. The molecule has 1 aliphatic rings. The Morgan fingerprint density at radius 2 is 1.60 bits per heavy atom. The third kappa shape index (κ3) is 6.89. The Balaban J connectivity index is 0.000000221. The zero-order valence-electron chi connectivity index (χ0n) is 13.0. The van der Waals surface area contributed by atoms with Gasteiger partial charge in [0.1, 0.15) is 0 Å². The Labute approximate surface area is 123 Å². The summed E-state index contributed by atoms with van der Waals surface area (Å²) in [6, 6.07) is 10.6. The lowest BCUT2D eigenvalue weighted by atomic mass is 10.2. The number of nitrogens with one attached hydrogen (secondary N) is 1. The SMILES string of the molecule is CCOC(C)OCC.c1ccc(N2CCNCC2)cc1. The van der Waals surface area contributed by atoms with Crippen molar-refractivity contribution in [1.29, 1.82) is 0 Å². The average molecular weight is 280 g/mol. The van der Waals surface area contributed by atoms with Gasteiger partial charge in [-0.05, 0) is 32.9 Å². The van der Waals surface area contributed by atoms with Gasteiger partial charge >= 0.3 is 0 Å². The largest absolute Gasteiger partial charge is 0.369 e. The molecule has 114 valence electrons. The summed E-state index contributed by atoms with van der Waals surface area (Å²) in [6.45, 7) is 11.7.